The number of aliphatic hydroxyl groups is 1. The third-order valence-electron chi connectivity index (χ3n) is 3.46. The van der Waals surface area contributed by atoms with Crippen molar-refractivity contribution >= 4 is 35.4 Å². The van der Waals surface area contributed by atoms with Crippen molar-refractivity contribution in [1.29, 1.82) is 0 Å². The number of hydrogen-bond acceptors (Lipinski definition) is 7. The SMILES string of the molecule is Cc1nc(C)c(SCC2=C(C(=O)O)N3C(=O)[C@@H](O)[C@H]3SC2)o1. The Hall–Kier alpha value is -1.45. The summed E-state index contributed by atoms with van der Waals surface area (Å²) in [5.41, 5.74) is 1.39. The van der Waals surface area contributed by atoms with Crippen LogP contribution in [0.4, 0.5) is 0 Å². The normalized spacial score (nSPS) is 24.3. The Balaban J connectivity index is 1.83. The zero-order valence-corrected chi connectivity index (χ0v) is 13.5. The Kier molecular flexibility index (Phi) is 3.96. The van der Waals surface area contributed by atoms with Crippen LogP contribution in [0.3, 0.4) is 0 Å². The molecule has 0 saturated carbocycles. The molecule has 7 nitrogen and oxygen atoms in total. The van der Waals surface area contributed by atoms with Crippen LogP contribution in [0.15, 0.2) is 20.8 Å². The molecular formula is C13H14N2O5S2. The molecule has 2 aliphatic rings. The van der Waals surface area contributed by atoms with Gasteiger partial charge in [-0.2, -0.15) is 0 Å². The van der Waals surface area contributed by atoms with Gasteiger partial charge in [-0.05, 0) is 12.5 Å². The average molecular weight is 342 g/mol. The lowest BCUT2D eigenvalue weighted by atomic mass is 10.1. The first kappa shape index (κ1) is 15.4. The summed E-state index contributed by atoms with van der Waals surface area (Å²) in [6, 6.07) is 0. The largest absolute Gasteiger partial charge is 0.477 e. The maximum Gasteiger partial charge on any atom is 0.352 e. The molecule has 2 atom stereocenters. The number of nitrogens with zero attached hydrogens (tertiary/aromatic N) is 2. The van der Waals surface area contributed by atoms with E-state index in [0.29, 0.717) is 28.1 Å². The highest BCUT2D eigenvalue weighted by Gasteiger charge is 2.52. The van der Waals surface area contributed by atoms with Crippen molar-refractivity contribution in [3.05, 3.63) is 22.9 Å². The number of carbonyl (C=O) groups is 2. The number of β-lactam (4-membered cyclic amide) rings is 1. The molecule has 0 aliphatic carbocycles. The zero-order valence-electron chi connectivity index (χ0n) is 11.9. The van der Waals surface area contributed by atoms with Crippen molar-refractivity contribution in [2.24, 2.45) is 0 Å². The van der Waals surface area contributed by atoms with Crippen LogP contribution in [0, 0.1) is 13.8 Å². The van der Waals surface area contributed by atoms with E-state index in [4.69, 9.17) is 4.42 Å². The number of carbonyl (C=O) groups excluding carboxylic acids is 1. The van der Waals surface area contributed by atoms with Gasteiger partial charge in [-0.25, -0.2) is 9.78 Å². The molecule has 3 rings (SSSR count). The molecule has 9 heteroatoms. The van der Waals surface area contributed by atoms with E-state index in [0.717, 1.165) is 5.69 Å². The van der Waals surface area contributed by atoms with E-state index in [2.05, 4.69) is 4.98 Å². The standard InChI is InChI=1S/C13H14N2O5S2/c1-5-13(20-6(2)14-5)22-4-7-3-21-11-9(16)10(17)15(11)8(7)12(18)19/h9,11,16H,3-4H2,1-2H3,(H,18,19)/t9-,11-/m1/s1. The van der Waals surface area contributed by atoms with Crippen molar-refractivity contribution in [2.75, 3.05) is 11.5 Å². The van der Waals surface area contributed by atoms with Gasteiger partial charge in [0.25, 0.3) is 5.91 Å². The maximum absolute atomic E-state index is 11.7. The summed E-state index contributed by atoms with van der Waals surface area (Å²) in [5.74, 6) is -0.273. The number of aromatic nitrogens is 1. The van der Waals surface area contributed by atoms with Gasteiger partial charge in [-0.15, -0.1) is 11.8 Å². The molecule has 0 aromatic carbocycles. The topological polar surface area (TPSA) is 104 Å². The highest BCUT2D eigenvalue weighted by molar-refractivity contribution is 8.01. The van der Waals surface area contributed by atoms with Gasteiger partial charge >= 0.3 is 5.97 Å². The number of rotatable bonds is 4. The van der Waals surface area contributed by atoms with Gasteiger partial charge in [0.2, 0.25) is 0 Å². The lowest BCUT2D eigenvalue weighted by Crippen LogP contribution is -2.64. The third-order valence-corrected chi connectivity index (χ3v) is 5.92. The van der Waals surface area contributed by atoms with E-state index in [9.17, 15) is 19.8 Å². The summed E-state index contributed by atoms with van der Waals surface area (Å²) in [6.07, 6.45) is -1.10. The number of amides is 1. The maximum atomic E-state index is 11.7. The molecule has 1 aromatic heterocycles. The quantitative estimate of drug-likeness (QED) is 0.617. The fourth-order valence-electron chi connectivity index (χ4n) is 2.44. The Labute approximate surface area is 134 Å². The number of hydrogen-bond donors (Lipinski definition) is 2. The number of carboxylic acids is 1. The van der Waals surface area contributed by atoms with Gasteiger partial charge in [0.1, 0.15) is 11.1 Å². The number of fused-ring (bicyclic) bond motifs is 1. The molecule has 1 aromatic rings. The molecule has 2 N–H and O–H groups in total. The van der Waals surface area contributed by atoms with Crippen LogP contribution >= 0.6 is 23.5 Å². The molecule has 3 heterocycles. The zero-order chi connectivity index (χ0) is 16.0. The van der Waals surface area contributed by atoms with Gasteiger partial charge in [0.05, 0.1) is 5.69 Å². The molecule has 0 radical (unpaired) electrons. The fraction of sp³-hybridized carbons (Fsp3) is 0.462. The van der Waals surface area contributed by atoms with Gasteiger partial charge in [-0.1, -0.05) is 11.8 Å². The van der Waals surface area contributed by atoms with Crippen LogP contribution in [0.5, 0.6) is 0 Å². The summed E-state index contributed by atoms with van der Waals surface area (Å²) < 4.78 is 5.46. The van der Waals surface area contributed by atoms with Crippen LogP contribution in [0.1, 0.15) is 11.6 Å². The average Bonchev–Trinajstić information content (AvgIpc) is 2.80. The van der Waals surface area contributed by atoms with Crippen LogP contribution in [0.25, 0.3) is 0 Å². The molecule has 1 amide bonds. The molecular weight excluding hydrogens is 328 g/mol. The summed E-state index contributed by atoms with van der Waals surface area (Å²) in [4.78, 5) is 28.6. The van der Waals surface area contributed by atoms with E-state index < -0.39 is 23.4 Å². The molecule has 2 aliphatic heterocycles. The highest BCUT2D eigenvalue weighted by Crippen LogP contribution is 2.41. The van der Waals surface area contributed by atoms with Crippen LogP contribution < -0.4 is 0 Å². The molecule has 118 valence electrons. The van der Waals surface area contributed by atoms with Gasteiger partial charge < -0.3 is 14.6 Å². The number of carboxylic acid groups (broad SMARTS) is 1. The smallest absolute Gasteiger partial charge is 0.352 e. The molecule has 22 heavy (non-hydrogen) atoms. The van der Waals surface area contributed by atoms with E-state index in [-0.39, 0.29) is 5.70 Å². The molecule has 0 unspecified atom stereocenters. The van der Waals surface area contributed by atoms with E-state index in [1.165, 1.54) is 28.4 Å². The lowest BCUT2D eigenvalue weighted by molar-refractivity contribution is -0.159. The summed E-state index contributed by atoms with van der Waals surface area (Å²) >= 11 is 2.73. The Bertz CT molecular complexity index is 684. The molecule has 1 fully saturated rings. The number of aliphatic hydroxyl groups excluding tert-OH is 1. The first-order valence-corrected chi connectivity index (χ1v) is 8.58. The second kappa shape index (κ2) is 5.64. The summed E-state index contributed by atoms with van der Waals surface area (Å²) in [6.45, 7) is 3.58. The van der Waals surface area contributed by atoms with Crippen LogP contribution in [-0.2, 0) is 9.59 Å². The van der Waals surface area contributed by atoms with Crippen molar-refractivity contribution in [3.8, 4) is 0 Å². The molecule has 0 bridgehead atoms. The fourth-order valence-corrected chi connectivity index (χ4v) is 4.82. The van der Waals surface area contributed by atoms with Crippen molar-refractivity contribution in [3.63, 3.8) is 0 Å². The van der Waals surface area contributed by atoms with Gasteiger partial charge in [-0.3, -0.25) is 9.69 Å². The minimum absolute atomic E-state index is 0.0135. The van der Waals surface area contributed by atoms with Gasteiger partial charge in [0.15, 0.2) is 17.1 Å². The monoisotopic (exact) mass is 342 g/mol. The number of aliphatic carboxylic acids is 1. The minimum Gasteiger partial charge on any atom is -0.477 e. The summed E-state index contributed by atoms with van der Waals surface area (Å²) in [5, 5.41) is 19.2. The van der Waals surface area contributed by atoms with E-state index in [1.54, 1.807) is 6.92 Å². The second-order valence-electron chi connectivity index (χ2n) is 5.01. The van der Waals surface area contributed by atoms with Crippen LogP contribution in [-0.4, -0.2) is 55.0 Å². The highest BCUT2D eigenvalue weighted by atomic mass is 32.2. The second-order valence-corrected chi connectivity index (χ2v) is 7.06. The predicted octanol–water partition coefficient (Wildman–Crippen LogP) is 0.998. The Morgan fingerprint density at radius 3 is 2.86 bits per heavy atom. The number of oxazole rings is 1. The van der Waals surface area contributed by atoms with Crippen molar-refractivity contribution in [2.45, 2.75) is 30.4 Å². The Morgan fingerprint density at radius 1 is 1.55 bits per heavy atom. The van der Waals surface area contributed by atoms with Gasteiger partial charge in [0, 0.05) is 18.4 Å². The summed E-state index contributed by atoms with van der Waals surface area (Å²) in [7, 11) is 0. The van der Waals surface area contributed by atoms with E-state index in [1.807, 2.05) is 6.92 Å². The third kappa shape index (κ3) is 2.42. The number of aryl methyl sites for hydroxylation is 2. The Morgan fingerprint density at radius 2 is 2.27 bits per heavy atom. The number of thioether (sulfide) groups is 2. The van der Waals surface area contributed by atoms with Crippen molar-refractivity contribution in [1.82, 2.24) is 9.88 Å². The van der Waals surface area contributed by atoms with E-state index >= 15 is 0 Å². The molecule has 0 spiro atoms. The first-order valence-electron chi connectivity index (χ1n) is 6.55. The lowest BCUT2D eigenvalue weighted by Gasteiger charge is -2.47. The predicted molar refractivity (Wildman–Crippen MR) is 80.5 cm³/mol. The molecule has 1 saturated heterocycles. The van der Waals surface area contributed by atoms with Crippen molar-refractivity contribution < 1.29 is 24.2 Å². The first-order chi connectivity index (χ1) is 10.4. The van der Waals surface area contributed by atoms with Crippen LogP contribution in [0.2, 0.25) is 0 Å². The minimum atomic E-state index is -1.15.